The third kappa shape index (κ3) is 4.60. The van der Waals surface area contributed by atoms with Crippen LogP contribution in [0.5, 0.6) is 5.75 Å². The first-order valence-corrected chi connectivity index (χ1v) is 8.90. The van der Waals surface area contributed by atoms with E-state index in [0.717, 1.165) is 17.6 Å². The molecular formula is C23H29NO. The molecule has 0 saturated carbocycles. The van der Waals surface area contributed by atoms with Crippen LogP contribution in [0, 0.1) is 20.8 Å². The number of nitrogens with zero attached hydrogens (tertiary/aromatic N) is 1. The first kappa shape index (κ1) is 19.0. The Morgan fingerprint density at radius 3 is 2.48 bits per heavy atom. The summed E-state index contributed by atoms with van der Waals surface area (Å²) in [7, 11) is 0. The van der Waals surface area contributed by atoms with Crippen LogP contribution < -0.4 is 0 Å². The monoisotopic (exact) mass is 335 g/mol. The molecule has 1 N–H and O–H groups in total. The van der Waals surface area contributed by atoms with Gasteiger partial charge in [0.05, 0.1) is 6.54 Å². The second kappa shape index (κ2) is 8.15. The third-order valence-corrected chi connectivity index (χ3v) is 5.03. The minimum Gasteiger partial charge on any atom is -0.507 e. The van der Waals surface area contributed by atoms with E-state index in [0.29, 0.717) is 12.3 Å². The lowest BCUT2D eigenvalue weighted by Crippen LogP contribution is -2.01. The third-order valence-electron chi connectivity index (χ3n) is 5.03. The second-order valence-electron chi connectivity index (χ2n) is 6.88. The van der Waals surface area contributed by atoms with Crippen molar-refractivity contribution < 1.29 is 5.11 Å². The molecule has 0 aliphatic rings. The summed E-state index contributed by atoms with van der Waals surface area (Å²) in [5, 5.41) is 10.1. The predicted molar refractivity (Wildman–Crippen MR) is 108 cm³/mol. The maximum atomic E-state index is 10.1. The standard InChI is InChI=1S/C23H29NO/c1-7-20-12-23(25)22(11-17(20)4)14-24-13-18(5)19(6)21-9-8-15(2)16(3)10-21/h8-12,14,19,25H,5,7,13H2,1-4,6H3. The summed E-state index contributed by atoms with van der Waals surface area (Å²) >= 11 is 0. The van der Waals surface area contributed by atoms with Gasteiger partial charge in [-0.05, 0) is 72.7 Å². The molecule has 0 aromatic heterocycles. The highest BCUT2D eigenvalue weighted by molar-refractivity contribution is 5.84. The molecule has 0 bridgehead atoms. The van der Waals surface area contributed by atoms with Gasteiger partial charge in [-0.2, -0.15) is 0 Å². The van der Waals surface area contributed by atoms with E-state index >= 15 is 0 Å². The Morgan fingerprint density at radius 2 is 1.84 bits per heavy atom. The van der Waals surface area contributed by atoms with Gasteiger partial charge in [-0.15, -0.1) is 0 Å². The molecule has 0 spiro atoms. The minimum absolute atomic E-state index is 0.259. The van der Waals surface area contributed by atoms with Crippen molar-refractivity contribution >= 4 is 6.21 Å². The van der Waals surface area contributed by atoms with E-state index in [1.807, 2.05) is 12.1 Å². The highest BCUT2D eigenvalue weighted by Gasteiger charge is 2.10. The van der Waals surface area contributed by atoms with Crippen LogP contribution in [0.15, 0.2) is 47.5 Å². The maximum absolute atomic E-state index is 10.1. The van der Waals surface area contributed by atoms with E-state index in [1.54, 1.807) is 6.21 Å². The topological polar surface area (TPSA) is 32.6 Å². The maximum Gasteiger partial charge on any atom is 0.124 e. The SMILES string of the molecule is C=C(CN=Cc1cc(C)c(CC)cc1O)C(C)c1ccc(C)c(C)c1. The van der Waals surface area contributed by atoms with Gasteiger partial charge < -0.3 is 5.11 Å². The Hall–Kier alpha value is -2.35. The van der Waals surface area contributed by atoms with Crippen molar-refractivity contribution in [3.63, 3.8) is 0 Å². The molecule has 132 valence electrons. The zero-order chi connectivity index (χ0) is 18.6. The van der Waals surface area contributed by atoms with Crippen molar-refractivity contribution in [1.82, 2.24) is 0 Å². The number of aryl methyl sites for hydroxylation is 4. The van der Waals surface area contributed by atoms with E-state index in [1.165, 1.54) is 27.8 Å². The number of hydrogen-bond donors (Lipinski definition) is 1. The highest BCUT2D eigenvalue weighted by Crippen LogP contribution is 2.25. The fourth-order valence-corrected chi connectivity index (χ4v) is 2.91. The summed E-state index contributed by atoms with van der Waals surface area (Å²) in [6.07, 6.45) is 2.67. The Bertz CT molecular complexity index is 802. The van der Waals surface area contributed by atoms with Crippen LogP contribution in [-0.4, -0.2) is 17.9 Å². The van der Waals surface area contributed by atoms with Gasteiger partial charge in [0.1, 0.15) is 5.75 Å². The normalized spacial score (nSPS) is 12.5. The molecule has 1 unspecified atom stereocenters. The molecule has 2 nitrogen and oxygen atoms in total. The molecule has 2 aromatic rings. The van der Waals surface area contributed by atoms with Crippen LogP contribution in [0.3, 0.4) is 0 Å². The minimum atomic E-state index is 0.259. The lowest BCUT2D eigenvalue weighted by molar-refractivity contribution is 0.473. The molecule has 2 aromatic carbocycles. The van der Waals surface area contributed by atoms with Gasteiger partial charge in [-0.1, -0.05) is 38.6 Å². The Morgan fingerprint density at radius 1 is 1.12 bits per heavy atom. The van der Waals surface area contributed by atoms with Crippen LogP contribution in [0.25, 0.3) is 0 Å². The quantitative estimate of drug-likeness (QED) is 0.536. The molecule has 0 fully saturated rings. The lowest BCUT2D eigenvalue weighted by Gasteiger charge is -2.15. The van der Waals surface area contributed by atoms with Crippen molar-refractivity contribution in [3.8, 4) is 5.75 Å². The molecule has 1 atom stereocenters. The number of aliphatic imine (C=N–C) groups is 1. The molecule has 0 amide bonds. The summed E-state index contributed by atoms with van der Waals surface area (Å²) in [4.78, 5) is 4.50. The summed E-state index contributed by atoms with van der Waals surface area (Å²) in [5.41, 5.74) is 8.07. The molecule has 0 aliphatic heterocycles. The van der Waals surface area contributed by atoms with Crippen LogP contribution in [0.2, 0.25) is 0 Å². The first-order valence-electron chi connectivity index (χ1n) is 8.90. The van der Waals surface area contributed by atoms with Crippen LogP contribution in [0.4, 0.5) is 0 Å². The van der Waals surface area contributed by atoms with E-state index in [-0.39, 0.29) is 5.92 Å². The largest absolute Gasteiger partial charge is 0.507 e. The average Bonchev–Trinajstić information content (AvgIpc) is 2.59. The average molecular weight is 335 g/mol. The van der Waals surface area contributed by atoms with Crippen molar-refractivity contribution in [1.29, 1.82) is 0 Å². The van der Waals surface area contributed by atoms with E-state index in [4.69, 9.17) is 0 Å². The number of phenols is 1. The van der Waals surface area contributed by atoms with Crippen molar-refractivity contribution in [3.05, 3.63) is 75.9 Å². The fourth-order valence-electron chi connectivity index (χ4n) is 2.91. The molecule has 0 heterocycles. The van der Waals surface area contributed by atoms with Crippen molar-refractivity contribution in [2.24, 2.45) is 4.99 Å². The molecule has 0 saturated heterocycles. The summed E-state index contributed by atoms with van der Waals surface area (Å²) in [6.45, 7) is 15.3. The van der Waals surface area contributed by atoms with Crippen LogP contribution >= 0.6 is 0 Å². The van der Waals surface area contributed by atoms with E-state index in [9.17, 15) is 5.11 Å². The van der Waals surface area contributed by atoms with Crippen molar-refractivity contribution in [2.45, 2.75) is 47.0 Å². The predicted octanol–water partition coefficient (Wildman–Crippen LogP) is 5.66. The highest BCUT2D eigenvalue weighted by atomic mass is 16.3. The summed E-state index contributed by atoms with van der Waals surface area (Å²) in [5.74, 6) is 0.549. The second-order valence-corrected chi connectivity index (χ2v) is 6.88. The Labute approximate surface area is 152 Å². The van der Waals surface area contributed by atoms with Crippen LogP contribution in [-0.2, 0) is 6.42 Å². The molecule has 25 heavy (non-hydrogen) atoms. The van der Waals surface area contributed by atoms with E-state index in [2.05, 4.69) is 64.4 Å². The zero-order valence-electron chi connectivity index (χ0n) is 16.1. The smallest absolute Gasteiger partial charge is 0.124 e. The van der Waals surface area contributed by atoms with Gasteiger partial charge in [0.15, 0.2) is 0 Å². The van der Waals surface area contributed by atoms with Gasteiger partial charge >= 0.3 is 0 Å². The van der Waals surface area contributed by atoms with Gasteiger partial charge in [-0.25, -0.2) is 0 Å². The van der Waals surface area contributed by atoms with Gasteiger partial charge in [0.25, 0.3) is 0 Å². The Kier molecular flexibility index (Phi) is 6.19. The van der Waals surface area contributed by atoms with Crippen LogP contribution in [0.1, 0.15) is 53.1 Å². The molecule has 0 radical (unpaired) electrons. The molecule has 2 heteroatoms. The zero-order valence-corrected chi connectivity index (χ0v) is 16.1. The fraction of sp³-hybridized carbons (Fsp3) is 0.348. The number of benzene rings is 2. The number of rotatable bonds is 6. The lowest BCUT2D eigenvalue weighted by atomic mass is 9.91. The van der Waals surface area contributed by atoms with Gasteiger partial charge in [0.2, 0.25) is 0 Å². The van der Waals surface area contributed by atoms with Gasteiger partial charge in [-0.3, -0.25) is 4.99 Å². The molecular weight excluding hydrogens is 306 g/mol. The first-order chi connectivity index (χ1) is 11.8. The number of phenolic OH excluding ortho intramolecular Hbond substituents is 1. The molecule has 0 aliphatic carbocycles. The summed E-state index contributed by atoms with van der Waals surface area (Å²) < 4.78 is 0. The van der Waals surface area contributed by atoms with E-state index < -0.39 is 0 Å². The molecule has 2 rings (SSSR count). The number of hydrogen-bond acceptors (Lipinski definition) is 2. The Balaban J connectivity index is 2.07. The summed E-state index contributed by atoms with van der Waals surface area (Å²) in [6, 6.07) is 10.4. The van der Waals surface area contributed by atoms with Gasteiger partial charge in [0, 0.05) is 17.7 Å². The van der Waals surface area contributed by atoms with Crippen molar-refractivity contribution in [2.75, 3.05) is 6.54 Å². The number of aromatic hydroxyl groups is 1.